The minimum atomic E-state index is -0.00381. The van der Waals surface area contributed by atoms with E-state index in [4.69, 9.17) is 14.5 Å². The number of hydrogen-bond donors (Lipinski definition) is 0. The Labute approximate surface area is 178 Å². The van der Waals surface area contributed by atoms with E-state index in [9.17, 15) is 4.79 Å². The predicted octanol–water partition coefficient (Wildman–Crippen LogP) is 3.50. The van der Waals surface area contributed by atoms with Gasteiger partial charge in [0.1, 0.15) is 10.6 Å². The maximum atomic E-state index is 13.5. The number of fused-ring (bicyclic) bond motifs is 1. The Bertz CT molecular complexity index is 1050. The minimum absolute atomic E-state index is 0.00381. The van der Waals surface area contributed by atoms with Crippen LogP contribution >= 0.6 is 23.1 Å². The van der Waals surface area contributed by atoms with Crippen molar-refractivity contribution in [2.75, 3.05) is 45.7 Å². The first-order chi connectivity index (χ1) is 14.1. The van der Waals surface area contributed by atoms with Crippen LogP contribution in [0.25, 0.3) is 15.9 Å². The lowest BCUT2D eigenvalue weighted by molar-refractivity contribution is 0.0410. The standard InChI is InChI=1S/C21H25N3O3S2/c1-14-15(2)29-19-18(14)20(25)24(16-4-6-17(26-3)7-5-16)21(22-19)28-13-10-23-8-11-27-12-9-23/h4-7H,8-13H2,1-3H3. The van der Waals surface area contributed by atoms with E-state index >= 15 is 0 Å². The molecule has 1 aromatic carbocycles. The maximum absolute atomic E-state index is 13.5. The van der Waals surface area contributed by atoms with Gasteiger partial charge in [-0.2, -0.15) is 0 Å². The van der Waals surface area contributed by atoms with Gasteiger partial charge in [-0.05, 0) is 43.7 Å². The molecule has 0 saturated carbocycles. The molecule has 3 aromatic rings. The van der Waals surface area contributed by atoms with Crippen LogP contribution in [0.4, 0.5) is 0 Å². The van der Waals surface area contributed by atoms with E-state index in [0.29, 0.717) is 0 Å². The van der Waals surface area contributed by atoms with Gasteiger partial charge in [-0.15, -0.1) is 11.3 Å². The van der Waals surface area contributed by atoms with Gasteiger partial charge in [-0.3, -0.25) is 14.3 Å². The summed E-state index contributed by atoms with van der Waals surface area (Å²) in [5, 5.41) is 1.46. The third-order valence-electron chi connectivity index (χ3n) is 5.25. The fourth-order valence-electron chi connectivity index (χ4n) is 3.42. The van der Waals surface area contributed by atoms with Crippen LogP contribution in [0, 0.1) is 13.8 Å². The van der Waals surface area contributed by atoms with Crippen LogP contribution < -0.4 is 10.3 Å². The molecule has 0 amide bonds. The summed E-state index contributed by atoms with van der Waals surface area (Å²) in [5.74, 6) is 1.64. The number of methoxy groups -OCH3 is 1. The van der Waals surface area contributed by atoms with E-state index in [2.05, 4.69) is 4.90 Å². The van der Waals surface area contributed by atoms with E-state index in [1.54, 1.807) is 34.8 Å². The summed E-state index contributed by atoms with van der Waals surface area (Å²) in [5.41, 5.74) is 1.83. The number of thiophene rings is 1. The molecule has 0 N–H and O–H groups in total. The molecule has 0 atom stereocenters. The van der Waals surface area contributed by atoms with Crippen molar-refractivity contribution in [3.63, 3.8) is 0 Å². The average molecular weight is 432 g/mol. The number of aromatic nitrogens is 2. The summed E-state index contributed by atoms with van der Waals surface area (Å²) in [4.78, 5) is 22.7. The van der Waals surface area contributed by atoms with Gasteiger partial charge in [0.05, 0.1) is 31.4 Å². The molecule has 2 aromatic heterocycles. The largest absolute Gasteiger partial charge is 0.497 e. The molecule has 0 unspecified atom stereocenters. The maximum Gasteiger partial charge on any atom is 0.267 e. The summed E-state index contributed by atoms with van der Waals surface area (Å²) in [6, 6.07) is 7.57. The highest BCUT2D eigenvalue weighted by atomic mass is 32.2. The first-order valence-corrected chi connectivity index (χ1v) is 11.5. The Morgan fingerprint density at radius 3 is 2.62 bits per heavy atom. The van der Waals surface area contributed by atoms with Crippen molar-refractivity contribution in [2.24, 2.45) is 0 Å². The Morgan fingerprint density at radius 1 is 1.21 bits per heavy atom. The SMILES string of the molecule is COc1ccc(-n2c(SCCN3CCOCC3)nc3sc(C)c(C)c3c2=O)cc1. The van der Waals surface area contributed by atoms with Crippen LogP contribution in [0.3, 0.4) is 0 Å². The number of rotatable bonds is 6. The third-order valence-corrected chi connectivity index (χ3v) is 7.27. The first kappa shape index (κ1) is 20.4. The highest BCUT2D eigenvalue weighted by Gasteiger charge is 2.18. The topological polar surface area (TPSA) is 56.6 Å². The molecule has 0 spiro atoms. The predicted molar refractivity (Wildman–Crippen MR) is 119 cm³/mol. The van der Waals surface area contributed by atoms with Crippen LogP contribution in [0.15, 0.2) is 34.2 Å². The first-order valence-electron chi connectivity index (χ1n) is 9.68. The van der Waals surface area contributed by atoms with Gasteiger partial charge in [0, 0.05) is 30.3 Å². The van der Waals surface area contributed by atoms with E-state index in [-0.39, 0.29) is 5.56 Å². The van der Waals surface area contributed by atoms with Gasteiger partial charge < -0.3 is 9.47 Å². The molecule has 1 saturated heterocycles. The summed E-state index contributed by atoms with van der Waals surface area (Å²) < 4.78 is 12.4. The third kappa shape index (κ3) is 4.21. The smallest absolute Gasteiger partial charge is 0.267 e. The van der Waals surface area contributed by atoms with Gasteiger partial charge in [-0.1, -0.05) is 11.8 Å². The normalized spacial score (nSPS) is 15.1. The van der Waals surface area contributed by atoms with Crippen molar-refractivity contribution in [2.45, 2.75) is 19.0 Å². The molecule has 0 radical (unpaired) electrons. The van der Waals surface area contributed by atoms with Crippen LogP contribution in [-0.4, -0.2) is 60.2 Å². The van der Waals surface area contributed by atoms with E-state index in [1.807, 2.05) is 38.1 Å². The zero-order chi connectivity index (χ0) is 20.4. The van der Waals surface area contributed by atoms with Gasteiger partial charge in [0.15, 0.2) is 5.16 Å². The van der Waals surface area contributed by atoms with E-state index in [0.717, 1.165) is 75.9 Å². The summed E-state index contributed by atoms with van der Waals surface area (Å²) in [6.07, 6.45) is 0. The van der Waals surface area contributed by atoms with Crippen molar-refractivity contribution in [3.8, 4) is 11.4 Å². The van der Waals surface area contributed by atoms with Crippen LogP contribution in [-0.2, 0) is 4.74 Å². The number of morpholine rings is 1. The molecule has 29 heavy (non-hydrogen) atoms. The van der Waals surface area contributed by atoms with Crippen LogP contribution in [0.2, 0.25) is 0 Å². The zero-order valence-corrected chi connectivity index (χ0v) is 18.6. The fourth-order valence-corrected chi connectivity index (χ4v) is 5.50. The quantitative estimate of drug-likeness (QED) is 0.440. The second kappa shape index (κ2) is 8.87. The monoisotopic (exact) mass is 431 g/mol. The van der Waals surface area contributed by atoms with Crippen LogP contribution in [0.1, 0.15) is 10.4 Å². The molecule has 4 rings (SSSR count). The average Bonchev–Trinajstić information content (AvgIpc) is 3.03. The number of ether oxygens (including phenoxy) is 2. The van der Waals surface area contributed by atoms with Crippen molar-refractivity contribution in [3.05, 3.63) is 45.1 Å². The molecular formula is C21H25N3O3S2. The Morgan fingerprint density at radius 2 is 1.93 bits per heavy atom. The van der Waals surface area contributed by atoms with E-state index in [1.165, 1.54) is 0 Å². The lowest BCUT2D eigenvalue weighted by Crippen LogP contribution is -2.37. The zero-order valence-electron chi connectivity index (χ0n) is 16.9. The molecule has 1 aliphatic heterocycles. The lowest BCUT2D eigenvalue weighted by atomic mass is 10.2. The Hall–Kier alpha value is -1.87. The van der Waals surface area contributed by atoms with Crippen molar-refractivity contribution < 1.29 is 9.47 Å². The van der Waals surface area contributed by atoms with Gasteiger partial charge >= 0.3 is 0 Å². The van der Waals surface area contributed by atoms with Crippen LogP contribution in [0.5, 0.6) is 5.75 Å². The summed E-state index contributed by atoms with van der Waals surface area (Å²) in [7, 11) is 1.64. The number of hydrogen-bond acceptors (Lipinski definition) is 7. The van der Waals surface area contributed by atoms with E-state index < -0.39 is 0 Å². The Kier molecular flexibility index (Phi) is 6.24. The second-order valence-electron chi connectivity index (χ2n) is 7.00. The van der Waals surface area contributed by atoms with Crippen molar-refractivity contribution in [1.29, 1.82) is 0 Å². The molecule has 0 aliphatic carbocycles. The summed E-state index contributed by atoms with van der Waals surface area (Å²) in [6.45, 7) is 8.50. The van der Waals surface area contributed by atoms with Gasteiger partial charge in [-0.25, -0.2) is 4.98 Å². The Balaban J connectivity index is 1.71. The number of benzene rings is 1. The minimum Gasteiger partial charge on any atom is -0.497 e. The summed E-state index contributed by atoms with van der Waals surface area (Å²) >= 11 is 3.23. The molecule has 3 heterocycles. The van der Waals surface area contributed by atoms with Crippen molar-refractivity contribution >= 4 is 33.3 Å². The molecule has 1 fully saturated rings. The highest BCUT2D eigenvalue weighted by Crippen LogP contribution is 2.30. The lowest BCUT2D eigenvalue weighted by Gasteiger charge is -2.26. The van der Waals surface area contributed by atoms with Gasteiger partial charge in [0.2, 0.25) is 0 Å². The molecule has 154 valence electrons. The highest BCUT2D eigenvalue weighted by molar-refractivity contribution is 7.99. The van der Waals surface area contributed by atoms with Gasteiger partial charge in [0.25, 0.3) is 5.56 Å². The fraction of sp³-hybridized carbons (Fsp3) is 0.429. The number of aryl methyl sites for hydroxylation is 2. The molecule has 8 heteroatoms. The number of thioether (sulfide) groups is 1. The molecule has 1 aliphatic rings. The molecular weight excluding hydrogens is 406 g/mol. The second-order valence-corrected chi connectivity index (χ2v) is 9.26. The van der Waals surface area contributed by atoms with Crippen molar-refractivity contribution in [1.82, 2.24) is 14.5 Å². The molecule has 0 bridgehead atoms. The number of nitrogens with zero attached hydrogens (tertiary/aromatic N) is 3. The molecule has 6 nitrogen and oxygen atoms in total.